The molecule has 1 unspecified atom stereocenters. The van der Waals surface area contributed by atoms with Crippen LogP contribution < -0.4 is 5.73 Å². The fourth-order valence-corrected chi connectivity index (χ4v) is 1.50. The van der Waals surface area contributed by atoms with Gasteiger partial charge in [0.05, 0.1) is 5.25 Å². The van der Waals surface area contributed by atoms with Crippen LogP contribution in [0.3, 0.4) is 0 Å². The standard InChI is InChI=1S/C6H13NO5S/c1-3(5(7)6(8)9)4(2)13(10,11)12/h3-5H,7H2,1-2H3,(H,8,9)(H,10,11,12)/t3-,4?,5-/m0/s1. The molecule has 0 aliphatic carbocycles. The third-order valence-electron chi connectivity index (χ3n) is 2.06. The maximum Gasteiger partial charge on any atom is 0.320 e. The molecular formula is C6H13NO5S. The van der Waals surface area contributed by atoms with Gasteiger partial charge in [0.25, 0.3) is 10.1 Å². The Hall–Kier alpha value is -0.660. The van der Waals surface area contributed by atoms with Crippen LogP contribution in [0.15, 0.2) is 0 Å². The maximum absolute atomic E-state index is 10.6. The van der Waals surface area contributed by atoms with Crippen molar-refractivity contribution >= 4 is 16.1 Å². The van der Waals surface area contributed by atoms with E-state index in [1.54, 1.807) is 0 Å². The van der Waals surface area contributed by atoms with Crippen molar-refractivity contribution in [3.63, 3.8) is 0 Å². The van der Waals surface area contributed by atoms with Crippen molar-refractivity contribution in [2.45, 2.75) is 25.1 Å². The lowest BCUT2D eigenvalue weighted by atomic mass is 10.00. The predicted octanol–water partition coefficient (Wildman–Crippen LogP) is -0.689. The summed E-state index contributed by atoms with van der Waals surface area (Å²) in [5.74, 6) is -2.13. The predicted molar refractivity (Wildman–Crippen MR) is 45.8 cm³/mol. The molecule has 0 aromatic heterocycles. The summed E-state index contributed by atoms with van der Waals surface area (Å²) in [4.78, 5) is 10.4. The Morgan fingerprint density at radius 2 is 1.77 bits per heavy atom. The average molecular weight is 211 g/mol. The Bertz CT molecular complexity index is 285. The van der Waals surface area contributed by atoms with E-state index in [2.05, 4.69) is 0 Å². The van der Waals surface area contributed by atoms with E-state index in [1.165, 1.54) is 13.8 Å². The van der Waals surface area contributed by atoms with Crippen LogP contribution in [0.25, 0.3) is 0 Å². The minimum atomic E-state index is -4.22. The van der Waals surface area contributed by atoms with Gasteiger partial charge in [-0.25, -0.2) is 0 Å². The molecule has 0 aliphatic rings. The fourth-order valence-electron chi connectivity index (χ4n) is 0.788. The van der Waals surface area contributed by atoms with Gasteiger partial charge in [0.15, 0.2) is 0 Å². The number of rotatable bonds is 4. The zero-order chi connectivity index (χ0) is 10.8. The number of carbonyl (C=O) groups is 1. The van der Waals surface area contributed by atoms with Crippen LogP contribution in [0.2, 0.25) is 0 Å². The summed E-state index contributed by atoms with van der Waals surface area (Å²) in [6.07, 6.45) is 0. The van der Waals surface area contributed by atoms with Gasteiger partial charge in [0, 0.05) is 5.92 Å². The normalized spacial score (nSPS) is 19.1. The minimum absolute atomic E-state index is 0.840. The van der Waals surface area contributed by atoms with E-state index >= 15 is 0 Å². The highest BCUT2D eigenvalue weighted by Gasteiger charge is 2.32. The van der Waals surface area contributed by atoms with Crippen molar-refractivity contribution in [2.24, 2.45) is 11.7 Å². The van der Waals surface area contributed by atoms with Crippen molar-refractivity contribution in [1.29, 1.82) is 0 Å². The average Bonchev–Trinajstić information content (AvgIpc) is 1.98. The summed E-state index contributed by atoms with van der Waals surface area (Å²) >= 11 is 0. The van der Waals surface area contributed by atoms with Crippen molar-refractivity contribution in [2.75, 3.05) is 0 Å². The van der Waals surface area contributed by atoms with Gasteiger partial charge < -0.3 is 10.8 Å². The van der Waals surface area contributed by atoms with Gasteiger partial charge in [-0.1, -0.05) is 6.92 Å². The Morgan fingerprint density at radius 1 is 1.38 bits per heavy atom. The highest BCUT2D eigenvalue weighted by Crippen LogP contribution is 2.13. The topological polar surface area (TPSA) is 118 Å². The first-order valence-corrected chi connectivity index (χ1v) is 5.13. The van der Waals surface area contributed by atoms with E-state index in [4.69, 9.17) is 15.4 Å². The van der Waals surface area contributed by atoms with Gasteiger partial charge in [-0.05, 0) is 6.92 Å². The second-order valence-corrected chi connectivity index (χ2v) is 4.72. The van der Waals surface area contributed by atoms with Gasteiger partial charge >= 0.3 is 5.97 Å². The maximum atomic E-state index is 10.6. The van der Waals surface area contributed by atoms with Crippen LogP contribution in [0.5, 0.6) is 0 Å². The number of carboxylic acid groups (broad SMARTS) is 1. The molecule has 0 radical (unpaired) electrons. The molecule has 0 fully saturated rings. The van der Waals surface area contributed by atoms with E-state index in [1.807, 2.05) is 0 Å². The van der Waals surface area contributed by atoms with Crippen molar-refractivity contribution < 1.29 is 22.9 Å². The first-order valence-electron chi connectivity index (χ1n) is 3.62. The number of hydrogen-bond donors (Lipinski definition) is 3. The van der Waals surface area contributed by atoms with Crippen molar-refractivity contribution in [3.05, 3.63) is 0 Å². The summed E-state index contributed by atoms with van der Waals surface area (Å²) in [6, 6.07) is -1.29. The summed E-state index contributed by atoms with van der Waals surface area (Å²) in [5.41, 5.74) is 5.18. The molecule has 6 nitrogen and oxygen atoms in total. The number of hydrogen-bond acceptors (Lipinski definition) is 4. The third-order valence-corrected chi connectivity index (χ3v) is 3.43. The second-order valence-electron chi connectivity index (χ2n) is 2.94. The van der Waals surface area contributed by atoms with E-state index < -0.39 is 33.3 Å². The highest BCUT2D eigenvalue weighted by molar-refractivity contribution is 7.86. The largest absolute Gasteiger partial charge is 0.480 e. The molecule has 0 bridgehead atoms. The van der Waals surface area contributed by atoms with E-state index in [0.717, 1.165) is 0 Å². The third kappa shape index (κ3) is 3.29. The molecule has 0 saturated heterocycles. The molecule has 78 valence electrons. The van der Waals surface area contributed by atoms with Crippen LogP contribution in [0.4, 0.5) is 0 Å². The van der Waals surface area contributed by atoms with Crippen LogP contribution in [0, 0.1) is 5.92 Å². The monoisotopic (exact) mass is 211 g/mol. The van der Waals surface area contributed by atoms with Crippen LogP contribution in [-0.4, -0.2) is 35.3 Å². The lowest BCUT2D eigenvalue weighted by Crippen LogP contribution is -2.43. The number of carboxylic acids is 1. The zero-order valence-corrected chi connectivity index (χ0v) is 8.15. The van der Waals surface area contributed by atoms with Crippen molar-refractivity contribution in [1.82, 2.24) is 0 Å². The quantitative estimate of drug-likeness (QED) is 0.530. The summed E-state index contributed by atoms with van der Waals surface area (Å²) < 4.78 is 29.8. The van der Waals surface area contributed by atoms with Gasteiger partial charge in [-0.3, -0.25) is 9.35 Å². The summed E-state index contributed by atoms with van der Waals surface area (Å²) in [5, 5.41) is 7.28. The fraction of sp³-hybridized carbons (Fsp3) is 0.833. The first kappa shape index (κ1) is 12.3. The van der Waals surface area contributed by atoms with Crippen LogP contribution in [0.1, 0.15) is 13.8 Å². The van der Waals surface area contributed by atoms with Crippen LogP contribution in [-0.2, 0) is 14.9 Å². The molecule has 0 aromatic carbocycles. The molecule has 0 aromatic rings. The van der Waals surface area contributed by atoms with Gasteiger partial charge in [-0.15, -0.1) is 0 Å². The van der Waals surface area contributed by atoms with E-state index in [-0.39, 0.29) is 0 Å². The second kappa shape index (κ2) is 4.03. The van der Waals surface area contributed by atoms with E-state index in [0.29, 0.717) is 0 Å². The summed E-state index contributed by atoms with van der Waals surface area (Å²) in [7, 11) is -4.22. The minimum Gasteiger partial charge on any atom is -0.480 e. The van der Waals surface area contributed by atoms with E-state index in [9.17, 15) is 13.2 Å². The molecule has 0 aliphatic heterocycles. The molecule has 0 saturated carbocycles. The summed E-state index contributed by atoms with van der Waals surface area (Å²) in [6.45, 7) is 2.57. The molecule has 7 heteroatoms. The zero-order valence-electron chi connectivity index (χ0n) is 7.34. The Morgan fingerprint density at radius 3 is 2.00 bits per heavy atom. The highest BCUT2D eigenvalue weighted by atomic mass is 32.2. The molecule has 4 N–H and O–H groups in total. The molecule has 0 spiro atoms. The number of aliphatic carboxylic acids is 1. The Labute approximate surface area is 76.5 Å². The molecule has 0 amide bonds. The molecule has 0 rings (SSSR count). The molecule has 0 heterocycles. The SMILES string of the molecule is CC([C@H](C)[C@H](N)C(=O)O)S(=O)(=O)O. The lowest BCUT2D eigenvalue weighted by molar-refractivity contribution is -0.139. The molecule has 13 heavy (non-hydrogen) atoms. The van der Waals surface area contributed by atoms with Gasteiger partial charge in [0.1, 0.15) is 6.04 Å². The van der Waals surface area contributed by atoms with Gasteiger partial charge in [-0.2, -0.15) is 8.42 Å². The Balaban J connectivity index is 4.62. The molecular weight excluding hydrogens is 198 g/mol. The smallest absolute Gasteiger partial charge is 0.320 e. The first-order chi connectivity index (χ1) is 5.68. The lowest BCUT2D eigenvalue weighted by Gasteiger charge is -2.20. The van der Waals surface area contributed by atoms with Crippen LogP contribution >= 0.6 is 0 Å². The Kier molecular flexibility index (Phi) is 3.83. The number of nitrogens with two attached hydrogens (primary N) is 1. The molecule has 3 atom stereocenters. The van der Waals surface area contributed by atoms with Gasteiger partial charge in [0.2, 0.25) is 0 Å². The van der Waals surface area contributed by atoms with Crippen molar-refractivity contribution in [3.8, 4) is 0 Å².